The minimum absolute atomic E-state index is 0. The predicted molar refractivity (Wildman–Crippen MR) is 146 cm³/mol. The summed E-state index contributed by atoms with van der Waals surface area (Å²) in [6, 6.07) is 13.8. The van der Waals surface area contributed by atoms with E-state index in [4.69, 9.17) is 5.73 Å². The van der Waals surface area contributed by atoms with E-state index in [1.54, 1.807) is 4.90 Å². The molecule has 0 aliphatic carbocycles. The van der Waals surface area contributed by atoms with Gasteiger partial charge in [-0.3, -0.25) is 4.79 Å². The SMILES string of the molecule is Cc1ccc(Nc2c(-c3ccc(F)c(F)c3)nc3n2CCN(C(=O)[C@@H](N)Cc2ccc(F)c(F)c2)C3)cc1.S. The molecule has 0 unspecified atom stereocenters. The highest BCUT2D eigenvalue weighted by atomic mass is 32.1. The van der Waals surface area contributed by atoms with Gasteiger partial charge in [-0.25, -0.2) is 22.5 Å². The number of fused-ring (bicyclic) bond motifs is 1. The maximum Gasteiger partial charge on any atom is 0.240 e. The Morgan fingerprint density at radius 3 is 2.28 bits per heavy atom. The number of hydrogen-bond acceptors (Lipinski definition) is 4. The van der Waals surface area contributed by atoms with Crippen LogP contribution in [-0.4, -0.2) is 32.9 Å². The average Bonchev–Trinajstić information content (AvgIpc) is 3.26. The molecule has 6 nitrogen and oxygen atoms in total. The quantitative estimate of drug-likeness (QED) is 0.320. The van der Waals surface area contributed by atoms with Gasteiger partial charge < -0.3 is 20.5 Å². The van der Waals surface area contributed by atoms with Crippen LogP contribution in [0.4, 0.5) is 29.1 Å². The number of nitrogens with one attached hydrogen (secondary N) is 1. The highest BCUT2D eigenvalue weighted by Gasteiger charge is 2.30. The monoisotopic (exact) mass is 557 g/mol. The van der Waals surface area contributed by atoms with Crippen molar-refractivity contribution in [2.45, 2.75) is 32.5 Å². The predicted octanol–water partition coefficient (Wildman–Crippen LogP) is 5.18. The van der Waals surface area contributed by atoms with Crippen LogP contribution in [0.15, 0.2) is 60.7 Å². The maximum atomic E-state index is 14.1. The molecule has 204 valence electrons. The number of benzene rings is 3. The van der Waals surface area contributed by atoms with Gasteiger partial charge in [0.1, 0.15) is 17.3 Å². The number of anilines is 2. The smallest absolute Gasteiger partial charge is 0.240 e. The second kappa shape index (κ2) is 11.5. The molecule has 3 N–H and O–H groups in total. The largest absolute Gasteiger partial charge is 0.340 e. The zero-order valence-corrected chi connectivity index (χ0v) is 22.0. The lowest BCUT2D eigenvalue weighted by Crippen LogP contribution is -2.47. The molecule has 0 radical (unpaired) electrons. The van der Waals surface area contributed by atoms with Crippen molar-refractivity contribution in [2.24, 2.45) is 5.73 Å². The number of amides is 1. The van der Waals surface area contributed by atoms with E-state index in [1.165, 1.54) is 12.1 Å². The first-order valence-corrected chi connectivity index (χ1v) is 12.1. The molecule has 4 aromatic rings. The highest BCUT2D eigenvalue weighted by molar-refractivity contribution is 7.59. The fourth-order valence-corrected chi connectivity index (χ4v) is 4.51. The van der Waals surface area contributed by atoms with E-state index in [1.807, 2.05) is 35.8 Å². The molecule has 0 saturated carbocycles. The van der Waals surface area contributed by atoms with Gasteiger partial charge in [-0.1, -0.05) is 23.8 Å². The van der Waals surface area contributed by atoms with Crippen LogP contribution in [0.3, 0.4) is 0 Å². The van der Waals surface area contributed by atoms with E-state index < -0.39 is 29.3 Å². The third-order valence-electron chi connectivity index (χ3n) is 6.55. The fraction of sp³-hybridized carbons (Fsp3) is 0.214. The zero-order valence-electron chi connectivity index (χ0n) is 21.0. The first kappa shape index (κ1) is 28.2. The molecular formula is C28H27F4N5OS. The number of aromatic nitrogens is 2. The molecule has 2 heterocycles. The fourth-order valence-electron chi connectivity index (χ4n) is 4.51. The number of aryl methyl sites for hydroxylation is 1. The van der Waals surface area contributed by atoms with Crippen molar-refractivity contribution in [3.05, 3.63) is 101 Å². The van der Waals surface area contributed by atoms with E-state index in [0.717, 1.165) is 35.5 Å². The van der Waals surface area contributed by atoms with Crippen LogP contribution in [0.5, 0.6) is 0 Å². The molecule has 1 aliphatic heterocycles. The Balaban J connectivity index is 0.00000353. The van der Waals surface area contributed by atoms with Gasteiger partial charge in [0.15, 0.2) is 23.3 Å². The van der Waals surface area contributed by atoms with Crippen LogP contribution in [0.1, 0.15) is 17.0 Å². The minimum Gasteiger partial charge on any atom is -0.340 e. The van der Waals surface area contributed by atoms with E-state index >= 15 is 0 Å². The number of nitrogens with two attached hydrogens (primary N) is 1. The van der Waals surface area contributed by atoms with Crippen molar-refractivity contribution >= 4 is 30.9 Å². The Labute approximate surface area is 229 Å². The number of halogens is 4. The minimum atomic E-state index is -1.000. The van der Waals surface area contributed by atoms with Crippen molar-refractivity contribution in [3.8, 4) is 11.3 Å². The first-order chi connectivity index (χ1) is 18.2. The van der Waals surface area contributed by atoms with Crippen LogP contribution in [0.2, 0.25) is 0 Å². The second-order valence-corrected chi connectivity index (χ2v) is 9.32. The average molecular weight is 558 g/mol. The molecule has 5 rings (SSSR count). The van der Waals surface area contributed by atoms with Crippen molar-refractivity contribution in [1.82, 2.24) is 14.5 Å². The van der Waals surface area contributed by atoms with Crippen molar-refractivity contribution in [2.75, 3.05) is 11.9 Å². The number of imidazole rings is 1. The Bertz CT molecular complexity index is 1510. The Morgan fingerprint density at radius 2 is 1.62 bits per heavy atom. The summed E-state index contributed by atoms with van der Waals surface area (Å²) in [4.78, 5) is 19.4. The molecule has 0 spiro atoms. The lowest BCUT2D eigenvalue weighted by atomic mass is 10.0. The van der Waals surface area contributed by atoms with Crippen LogP contribution in [0.25, 0.3) is 11.3 Å². The summed E-state index contributed by atoms with van der Waals surface area (Å²) >= 11 is 0. The molecule has 0 fully saturated rings. The second-order valence-electron chi connectivity index (χ2n) is 9.32. The number of rotatable bonds is 6. The van der Waals surface area contributed by atoms with Crippen molar-refractivity contribution in [1.29, 1.82) is 0 Å². The van der Waals surface area contributed by atoms with Gasteiger partial charge in [0.05, 0.1) is 12.6 Å². The number of hydrogen-bond donors (Lipinski definition) is 2. The van der Waals surface area contributed by atoms with E-state index in [0.29, 0.717) is 41.6 Å². The molecule has 1 atom stereocenters. The Morgan fingerprint density at radius 1 is 0.949 bits per heavy atom. The van der Waals surface area contributed by atoms with Gasteiger partial charge in [-0.2, -0.15) is 13.5 Å². The normalized spacial score (nSPS) is 13.4. The zero-order chi connectivity index (χ0) is 27.0. The third kappa shape index (κ3) is 5.94. The van der Waals surface area contributed by atoms with Gasteiger partial charge in [-0.15, -0.1) is 0 Å². The van der Waals surface area contributed by atoms with Gasteiger partial charge in [0, 0.05) is 24.3 Å². The number of nitrogens with zero attached hydrogens (tertiary/aromatic N) is 3. The van der Waals surface area contributed by atoms with Crippen molar-refractivity contribution < 1.29 is 22.4 Å². The summed E-state index contributed by atoms with van der Waals surface area (Å²) in [7, 11) is 0. The van der Waals surface area contributed by atoms with Crippen LogP contribution >= 0.6 is 13.5 Å². The summed E-state index contributed by atoms with van der Waals surface area (Å²) in [6.07, 6.45) is 0.0430. The van der Waals surface area contributed by atoms with Gasteiger partial charge in [0.2, 0.25) is 5.91 Å². The van der Waals surface area contributed by atoms with Gasteiger partial charge in [-0.05, 0) is 61.4 Å². The van der Waals surface area contributed by atoms with Crippen LogP contribution in [-0.2, 0) is 24.3 Å². The third-order valence-corrected chi connectivity index (χ3v) is 6.55. The van der Waals surface area contributed by atoms with Gasteiger partial charge >= 0.3 is 0 Å². The van der Waals surface area contributed by atoms with E-state index in [-0.39, 0.29) is 32.4 Å². The lowest BCUT2D eigenvalue weighted by Gasteiger charge is -2.30. The number of carbonyl (C=O) groups is 1. The van der Waals surface area contributed by atoms with Crippen molar-refractivity contribution in [3.63, 3.8) is 0 Å². The van der Waals surface area contributed by atoms with Crippen LogP contribution < -0.4 is 11.1 Å². The lowest BCUT2D eigenvalue weighted by molar-refractivity contribution is -0.134. The summed E-state index contributed by atoms with van der Waals surface area (Å²) in [6.45, 7) is 2.81. The Hall–Kier alpha value is -3.83. The summed E-state index contributed by atoms with van der Waals surface area (Å²) in [5, 5.41) is 3.34. The topological polar surface area (TPSA) is 76.2 Å². The Kier molecular flexibility index (Phi) is 8.31. The van der Waals surface area contributed by atoms with Gasteiger partial charge in [0.25, 0.3) is 0 Å². The molecule has 1 aliphatic rings. The molecule has 3 aromatic carbocycles. The molecule has 11 heteroatoms. The molecule has 0 saturated heterocycles. The molecular weight excluding hydrogens is 530 g/mol. The standard InChI is InChI=1S/C28H25F4N5O.H2S/c1-16-2-6-19(7-3-16)34-27-26(18-5-9-21(30)23(32)14-18)35-25-15-36(10-11-37(25)27)28(38)24(33)13-17-4-8-20(29)22(31)12-17;/h2-9,12,14,24,34H,10-11,13,15,33H2,1H3;1H2/t24-;/m0./s1. The highest BCUT2D eigenvalue weighted by Crippen LogP contribution is 2.34. The summed E-state index contributed by atoms with van der Waals surface area (Å²) < 4.78 is 56.5. The number of carbonyl (C=O) groups excluding carboxylic acids is 1. The van der Waals surface area contributed by atoms with Crippen LogP contribution in [0, 0.1) is 30.2 Å². The maximum absolute atomic E-state index is 14.1. The molecule has 1 aromatic heterocycles. The molecule has 1 amide bonds. The van der Waals surface area contributed by atoms with E-state index in [9.17, 15) is 22.4 Å². The summed E-state index contributed by atoms with van der Waals surface area (Å²) in [5.41, 5.74) is 9.22. The molecule has 39 heavy (non-hydrogen) atoms. The first-order valence-electron chi connectivity index (χ1n) is 12.1. The van der Waals surface area contributed by atoms with E-state index in [2.05, 4.69) is 10.3 Å². The molecule has 0 bridgehead atoms. The summed E-state index contributed by atoms with van der Waals surface area (Å²) in [5.74, 6) is -3.14.